The van der Waals surface area contributed by atoms with E-state index < -0.39 is 0 Å². The normalized spacial score (nSPS) is 16.9. The van der Waals surface area contributed by atoms with Crippen LogP contribution in [0.3, 0.4) is 0 Å². The summed E-state index contributed by atoms with van der Waals surface area (Å²) in [5.41, 5.74) is 5.74. The van der Waals surface area contributed by atoms with Gasteiger partial charge in [-0.3, -0.25) is 0 Å². The highest BCUT2D eigenvalue weighted by Crippen LogP contribution is 2.31. The third-order valence-electron chi connectivity index (χ3n) is 5.33. The van der Waals surface area contributed by atoms with Crippen LogP contribution in [0.5, 0.6) is 0 Å². The molecule has 0 spiro atoms. The smallest absolute Gasteiger partial charge is 0.148 e. The van der Waals surface area contributed by atoms with E-state index in [1.165, 1.54) is 0 Å². The van der Waals surface area contributed by atoms with Crippen LogP contribution >= 0.6 is 0 Å². The van der Waals surface area contributed by atoms with E-state index in [9.17, 15) is 4.39 Å². The molecule has 0 aromatic heterocycles. The Morgan fingerprint density at radius 3 is 2.39 bits per heavy atom. The number of anilines is 2. The van der Waals surface area contributed by atoms with E-state index >= 15 is 0 Å². The summed E-state index contributed by atoms with van der Waals surface area (Å²) in [6.07, 6.45) is 8.09. The first-order chi connectivity index (χ1) is 14.9. The molecular weight excluding hydrogens is 389 g/mol. The van der Waals surface area contributed by atoms with Crippen LogP contribution in [-0.2, 0) is 4.74 Å². The summed E-state index contributed by atoms with van der Waals surface area (Å²) in [6.45, 7) is 19.4. The van der Waals surface area contributed by atoms with Crippen LogP contribution in [0.15, 0.2) is 78.7 Å². The topological polar surface area (TPSA) is 27.7 Å². The molecule has 1 aromatic rings. The Labute approximate surface area is 187 Å². The van der Waals surface area contributed by atoms with Crippen LogP contribution in [0.2, 0.25) is 0 Å². The van der Waals surface area contributed by atoms with Gasteiger partial charge in [0.05, 0.1) is 18.9 Å². The molecule has 0 amide bonds. The Balaban J connectivity index is 0.000000248. The van der Waals surface area contributed by atoms with E-state index in [1.54, 1.807) is 6.07 Å². The molecule has 3 rings (SSSR count). The fourth-order valence-corrected chi connectivity index (χ4v) is 3.52. The van der Waals surface area contributed by atoms with Crippen LogP contribution in [0.4, 0.5) is 15.8 Å². The van der Waals surface area contributed by atoms with Crippen LogP contribution in [-0.4, -0.2) is 39.9 Å². The molecule has 5 heteroatoms. The van der Waals surface area contributed by atoms with E-state index in [2.05, 4.69) is 30.0 Å². The highest BCUT2D eigenvalue weighted by atomic mass is 19.1. The molecule has 2 fully saturated rings. The van der Waals surface area contributed by atoms with E-state index in [-0.39, 0.29) is 5.82 Å². The predicted molar refractivity (Wildman–Crippen MR) is 131 cm³/mol. The number of halogens is 1. The van der Waals surface area contributed by atoms with E-state index in [0.717, 1.165) is 60.7 Å². The Bertz CT molecular complexity index is 850. The van der Waals surface area contributed by atoms with Gasteiger partial charge in [0.1, 0.15) is 5.82 Å². The highest BCUT2D eigenvalue weighted by molar-refractivity contribution is 5.60. The van der Waals surface area contributed by atoms with Crippen molar-refractivity contribution in [2.75, 3.05) is 49.7 Å². The van der Waals surface area contributed by atoms with Gasteiger partial charge in [0, 0.05) is 43.8 Å². The zero-order chi connectivity index (χ0) is 22.8. The first-order valence-electron chi connectivity index (χ1n) is 10.8. The molecule has 2 heterocycles. The Morgan fingerprint density at radius 2 is 1.87 bits per heavy atom. The van der Waals surface area contributed by atoms with Gasteiger partial charge in [-0.2, -0.15) is 0 Å². The molecule has 168 valence electrons. The maximum absolute atomic E-state index is 14.3. The molecule has 0 bridgehead atoms. The zero-order valence-electron chi connectivity index (χ0n) is 19.2. The van der Waals surface area contributed by atoms with Crippen LogP contribution in [0.25, 0.3) is 0 Å². The number of likely N-dealkylation sites (N-methyl/N-ethyl adjacent to an activating group) is 1. The number of hydrogen-bond acceptors (Lipinski definition) is 4. The standard InChI is InChI=1S/C15H19FN2O.C11H17N/c1-12-3-2-6-18(12)13-4-5-15(14(16)11-13)17-7-9-19-10-8-17;1-6-11(10(4)12-5)8-7-9(2)3/h4-5,11H,1-3,6-10H2;6-8,12H,2,4H2,1,3,5H3/b;8-7-,11-6+. The predicted octanol–water partition coefficient (Wildman–Crippen LogP) is 5.57. The van der Waals surface area contributed by atoms with Gasteiger partial charge in [-0.1, -0.05) is 43.5 Å². The third kappa shape index (κ3) is 7.14. The summed E-state index contributed by atoms with van der Waals surface area (Å²) in [6, 6.07) is 5.49. The molecule has 0 radical (unpaired) electrons. The zero-order valence-corrected chi connectivity index (χ0v) is 19.2. The van der Waals surface area contributed by atoms with Crippen LogP contribution in [0, 0.1) is 5.82 Å². The molecule has 2 aliphatic rings. The van der Waals surface area contributed by atoms with Crippen LogP contribution in [0.1, 0.15) is 26.7 Å². The van der Waals surface area contributed by atoms with E-state index in [1.807, 2.05) is 56.2 Å². The van der Waals surface area contributed by atoms with Crippen molar-refractivity contribution in [1.29, 1.82) is 0 Å². The van der Waals surface area contributed by atoms with E-state index in [0.29, 0.717) is 18.9 Å². The van der Waals surface area contributed by atoms with Crippen molar-refractivity contribution in [3.63, 3.8) is 0 Å². The number of benzene rings is 1. The van der Waals surface area contributed by atoms with Crippen molar-refractivity contribution in [2.45, 2.75) is 26.7 Å². The molecule has 0 saturated carbocycles. The summed E-state index contributed by atoms with van der Waals surface area (Å²) in [4.78, 5) is 4.15. The number of nitrogens with zero attached hydrogens (tertiary/aromatic N) is 2. The van der Waals surface area contributed by atoms with Gasteiger partial charge in [-0.15, -0.1) is 0 Å². The summed E-state index contributed by atoms with van der Waals surface area (Å²) < 4.78 is 19.6. The summed E-state index contributed by atoms with van der Waals surface area (Å²) >= 11 is 0. The second-order valence-corrected chi connectivity index (χ2v) is 7.71. The molecule has 1 aromatic carbocycles. The molecule has 0 atom stereocenters. The first kappa shape index (κ1) is 24.5. The van der Waals surface area contributed by atoms with Crippen molar-refractivity contribution in [3.05, 3.63) is 84.5 Å². The molecule has 2 aliphatic heterocycles. The van der Waals surface area contributed by atoms with Gasteiger partial charge in [-0.25, -0.2) is 4.39 Å². The summed E-state index contributed by atoms with van der Waals surface area (Å²) in [7, 11) is 1.86. The van der Waals surface area contributed by atoms with Gasteiger partial charge >= 0.3 is 0 Å². The van der Waals surface area contributed by atoms with Gasteiger partial charge in [0.25, 0.3) is 0 Å². The number of allylic oxidation sites excluding steroid dienone is 5. The lowest BCUT2D eigenvalue weighted by Crippen LogP contribution is -2.36. The largest absolute Gasteiger partial charge is 0.388 e. The molecule has 4 nitrogen and oxygen atoms in total. The van der Waals surface area contributed by atoms with Crippen LogP contribution < -0.4 is 15.1 Å². The average molecular weight is 426 g/mol. The quantitative estimate of drug-likeness (QED) is 0.603. The molecular formula is C26H36FN3O. The number of hydrogen-bond donors (Lipinski definition) is 1. The monoisotopic (exact) mass is 425 g/mol. The Kier molecular flexibility index (Phi) is 9.60. The molecule has 0 unspecified atom stereocenters. The highest BCUT2D eigenvalue weighted by Gasteiger charge is 2.20. The SMILES string of the molecule is C=C(C)/C=C\C(=C/C)C(=C)NC.C=C1CCCN1c1ccc(N2CCOCC2)c(F)c1. The molecule has 1 N–H and O–H groups in total. The third-order valence-corrected chi connectivity index (χ3v) is 5.33. The van der Waals surface area contributed by atoms with Gasteiger partial charge in [0.2, 0.25) is 0 Å². The lowest BCUT2D eigenvalue weighted by Gasteiger charge is -2.30. The van der Waals surface area contributed by atoms with Crippen molar-refractivity contribution in [1.82, 2.24) is 5.32 Å². The number of nitrogens with one attached hydrogen (secondary N) is 1. The van der Waals surface area contributed by atoms with Gasteiger partial charge < -0.3 is 19.9 Å². The van der Waals surface area contributed by atoms with Crippen molar-refractivity contribution >= 4 is 11.4 Å². The maximum atomic E-state index is 14.3. The van der Waals surface area contributed by atoms with Crippen molar-refractivity contribution < 1.29 is 9.13 Å². The lowest BCUT2D eigenvalue weighted by molar-refractivity contribution is 0.122. The van der Waals surface area contributed by atoms with E-state index in [4.69, 9.17) is 4.74 Å². The molecule has 31 heavy (non-hydrogen) atoms. The van der Waals surface area contributed by atoms with Gasteiger partial charge in [-0.05, 0) is 50.5 Å². The second-order valence-electron chi connectivity index (χ2n) is 7.71. The van der Waals surface area contributed by atoms with Crippen molar-refractivity contribution in [3.8, 4) is 0 Å². The Hall–Kier alpha value is -2.79. The van der Waals surface area contributed by atoms with Gasteiger partial charge in [0.15, 0.2) is 0 Å². The maximum Gasteiger partial charge on any atom is 0.148 e. The molecule has 2 saturated heterocycles. The fraction of sp³-hybridized carbons (Fsp3) is 0.385. The average Bonchev–Trinajstić information content (AvgIpc) is 3.20. The minimum absolute atomic E-state index is 0.154. The lowest BCUT2D eigenvalue weighted by atomic mass is 10.1. The summed E-state index contributed by atoms with van der Waals surface area (Å²) in [5, 5.41) is 3.00. The first-order valence-corrected chi connectivity index (χ1v) is 10.8. The molecule has 0 aliphatic carbocycles. The van der Waals surface area contributed by atoms with Crippen molar-refractivity contribution in [2.24, 2.45) is 0 Å². The number of ether oxygens (including phenoxy) is 1. The Morgan fingerprint density at radius 1 is 1.16 bits per heavy atom. The summed E-state index contributed by atoms with van der Waals surface area (Å²) in [5.74, 6) is -0.154. The minimum Gasteiger partial charge on any atom is -0.388 e. The number of morpholine rings is 1. The fourth-order valence-electron chi connectivity index (χ4n) is 3.52. The minimum atomic E-state index is -0.154. The second kappa shape index (κ2) is 12.2. The number of rotatable bonds is 6.